The van der Waals surface area contributed by atoms with Crippen LogP contribution < -0.4 is 0 Å². The largest absolute Gasteiger partial charge is 0.241 e. The van der Waals surface area contributed by atoms with Gasteiger partial charge in [0.2, 0.25) is 0 Å². The minimum Gasteiger partial charge on any atom is -0.241 e. The summed E-state index contributed by atoms with van der Waals surface area (Å²) in [6, 6.07) is 6.08. The molecule has 50 valence electrons. The van der Waals surface area contributed by atoms with E-state index in [4.69, 9.17) is 0 Å². The van der Waals surface area contributed by atoms with E-state index < -0.39 is 0 Å². The molecule has 0 aromatic carbocycles. The standard InChI is InChI=1S/C8H8N2/c1-7-3-2-6-10-8(7)4-5-9-10/h2-6H,1H3. The van der Waals surface area contributed by atoms with Crippen molar-refractivity contribution in [1.29, 1.82) is 0 Å². The van der Waals surface area contributed by atoms with Crippen molar-refractivity contribution in [3.05, 3.63) is 36.2 Å². The van der Waals surface area contributed by atoms with Gasteiger partial charge in [0.25, 0.3) is 0 Å². The first kappa shape index (κ1) is 5.47. The molecule has 0 aliphatic carbocycles. The molecular weight excluding hydrogens is 124 g/mol. The summed E-state index contributed by atoms with van der Waals surface area (Å²) in [5.74, 6) is 0. The maximum Gasteiger partial charge on any atom is 0.0690 e. The average molecular weight is 132 g/mol. The first-order chi connectivity index (χ1) is 4.88. The smallest absolute Gasteiger partial charge is 0.0690 e. The Balaban J connectivity index is 2.95. The van der Waals surface area contributed by atoms with Crippen LogP contribution in [0.1, 0.15) is 5.56 Å². The molecule has 2 aromatic heterocycles. The van der Waals surface area contributed by atoms with E-state index in [1.54, 1.807) is 0 Å². The van der Waals surface area contributed by atoms with E-state index >= 15 is 0 Å². The summed E-state index contributed by atoms with van der Waals surface area (Å²) < 4.78 is 1.87. The topological polar surface area (TPSA) is 17.3 Å². The van der Waals surface area contributed by atoms with Crippen molar-refractivity contribution in [3.63, 3.8) is 0 Å². The third-order valence-corrected chi connectivity index (χ3v) is 1.65. The van der Waals surface area contributed by atoms with Crippen LogP contribution in [0.2, 0.25) is 0 Å². The monoisotopic (exact) mass is 132 g/mol. The van der Waals surface area contributed by atoms with Gasteiger partial charge in [-0.3, -0.25) is 0 Å². The van der Waals surface area contributed by atoms with Crippen LogP contribution in [-0.4, -0.2) is 9.61 Å². The highest BCUT2D eigenvalue weighted by molar-refractivity contribution is 5.52. The van der Waals surface area contributed by atoms with E-state index in [9.17, 15) is 0 Å². The number of hydrogen-bond donors (Lipinski definition) is 0. The van der Waals surface area contributed by atoms with Crippen LogP contribution in [-0.2, 0) is 0 Å². The molecule has 0 aliphatic rings. The summed E-state index contributed by atoms with van der Waals surface area (Å²) >= 11 is 0. The number of aryl methyl sites for hydroxylation is 1. The van der Waals surface area contributed by atoms with Crippen LogP contribution in [0.5, 0.6) is 0 Å². The van der Waals surface area contributed by atoms with Gasteiger partial charge in [-0.15, -0.1) is 0 Å². The van der Waals surface area contributed by atoms with Gasteiger partial charge in [0.15, 0.2) is 0 Å². The van der Waals surface area contributed by atoms with Gasteiger partial charge in [-0.1, -0.05) is 6.07 Å². The van der Waals surface area contributed by atoms with Crippen molar-refractivity contribution < 1.29 is 0 Å². The molecule has 2 heteroatoms. The average Bonchev–Trinajstić information content (AvgIpc) is 2.36. The fourth-order valence-electron chi connectivity index (χ4n) is 1.10. The fourth-order valence-corrected chi connectivity index (χ4v) is 1.10. The Bertz CT molecular complexity index is 349. The van der Waals surface area contributed by atoms with Gasteiger partial charge < -0.3 is 0 Å². The first-order valence-electron chi connectivity index (χ1n) is 3.27. The van der Waals surface area contributed by atoms with Gasteiger partial charge in [-0.2, -0.15) is 5.10 Å². The highest BCUT2D eigenvalue weighted by atomic mass is 15.2. The molecule has 2 rings (SSSR count). The maximum atomic E-state index is 4.10. The molecule has 2 heterocycles. The lowest BCUT2D eigenvalue weighted by atomic mass is 10.2. The molecule has 0 saturated carbocycles. The number of pyridine rings is 1. The molecule has 0 unspecified atom stereocenters. The number of rotatable bonds is 0. The summed E-state index contributed by atoms with van der Waals surface area (Å²) in [7, 11) is 0. The third kappa shape index (κ3) is 0.620. The van der Waals surface area contributed by atoms with Crippen LogP contribution >= 0.6 is 0 Å². The summed E-state index contributed by atoms with van der Waals surface area (Å²) in [5.41, 5.74) is 2.45. The number of aromatic nitrogens is 2. The Morgan fingerprint density at radius 3 is 3.10 bits per heavy atom. The summed E-state index contributed by atoms with van der Waals surface area (Å²) in [6.07, 6.45) is 3.75. The third-order valence-electron chi connectivity index (χ3n) is 1.65. The van der Waals surface area contributed by atoms with E-state index in [1.807, 2.05) is 29.0 Å². The lowest BCUT2D eigenvalue weighted by Crippen LogP contribution is -1.85. The predicted molar refractivity (Wildman–Crippen MR) is 39.9 cm³/mol. The summed E-state index contributed by atoms with van der Waals surface area (Å²) in [5, 5.41) is 4.10. The van der Waals surface area contributed by atoms with Crippen LogP contribution in [0, 0.1) is 6.92 Å². The van der Waals surface area contributed by atoms with Gasteiger partial charge in [-0.25, -0.2) is 4.52 Å². The summed E-state index contributed by atoms with van der Waals surface area (Å²) in [6.45, 7) is 2.08. The molecule has 0 aliphatic heterocycles. The molecular formula is C8H8N2. The molecule has 2 nitrogen and oxygen atoms in total. The second-order valence-electron chi connectivity index (χ2n) is 2.35. The Labute approximate surface area is 59.1 Å². The molecule has 0 spiro atoms. The Morgan fingerprint density at radius 2 is 2.30 bits per heavy atom. The van der Waals surface area contributed by atoms with Crippen molar-refractivity contribution in [3.8, 4) is 0 Å². The van der Waals surface area contributed by atoms with E-state index in [-0.39, 0.29) is 0 Å². The lowest BCUT2D eigenvalue weighted by Gasteiger charge is -1.94. The summed E-state index contributed by atoms with van der Waals surface area (Å²) in [4.78, 5) is 0. The SMILES string of the molecule is Cc1cccn2nccc12. The molecule has 0 fully saturated rings. The van der Waals surface area contributed by atoms with Crippen LogP contribution in [0.15, 0.2) is 30.6 Å². The van der Waals surface area contributed by atoms with Crippen molar-refractivity contribution >= 4 is 5.52 Å². The Morgan fingerprint density at radius 1 is 1.40 bits per heavy atom. The molecule has 0 N–H and O–H groups in total. The fraction of sp³-hybridized carbons (Fsp3) is 0.125. The molecule has 0 bridgehead atoms. The van der Waals surface area contributed by atoms with Gasteiger partial charge >= 0.3 is 0 Å². The normalized spacial score (nSPS) is 10.5. The lowest BCUT2D eigenvalue weighted by molar-refractivity contribution is 0.956. The zero-order chi connectivity index (χ0) is 6.97. The van der Waals surface area contributed by atoms with Gasteiger partial charge in [0, 0.05) is 12.4 Å². The van der Waals surface area contributed by atoms with Crippen LogP contribution in [0.3, 0.4) is 0 Å². The maximum absolute atomic E-state index is 4.10. The quantitative estimate of drug-likeness (QED) is 0.532. The second kappa shape index (κ2) is 1.84. The molecule has 0 amide bonds. The van der Waals surface area contributed by atoms with E-state index in [0.29, 0.717) is 0 Å². The van der Waals surface area contributed by atoms with E-state index in [2.05, 4.69) is 18.1 Å². The zero-order valence-corrected chi connectivity index (χ0v) is 5.78. The van der Waals surface area contributed by atoms with Gasteiger partial charge in [0.05, 0.1) is 5.52 Å². The Kier molecular flexibility index (Phi) is 1.01. The minimum atomic E-state index is 1.18. The molecule has 0 radical (unpaired) electrons. The highest BCUT2D eigenvalue weighted by Crippen LogP contribution is 2.06. The molecule has 10 heavy (non-hydrogen) atoms. The Hall–Kier alpha value is -1.31. The minimum absolute atomic E-state index is 1.18. The number of fused-ring (bicyclic) bond motifs is 1. The van der Waals surface area contributed by atoms with Crippen LogP contribution in [0.4, 0.5) is 0 Å². The molecule has 2 aromatic rings. The highest BCUT2D eigenvalue weighted by Gasteiger charge is 1.92. The van der Waals surface area contributed by atoms with Gasteiger partial charge in [-0.05, 0) is 24.6 Å². The number of nitrogens with zero attached hydrogens (tertiary/aromatic N) is 2. The van der Waals surface area contributed by atoms with Crippen LogP contribution in [0.25, 0.3) is 5.52 Å². The van der Waals surface area contributed by atoms with Crippen molar-refractivity contribution in [2.24, 2.45) is 0 Å². The molecule has 0 atom stereocenters. The van der Waals surface area contributed by atoms with Gasteiger partial charge in [0.1, 0.15) is 0 Å². The predicted octanol–water partition coefficient (Wildman–Crippen LogP) is 1.64. The van der Waals surface area contributed by atoms with Crippen molar-refractivity contribution in [2.75, 3.05) is 0 Å². The second-order valence-corrected chi connectivity index (χ2v) is 2.35. The van der Waals surface area contributed by atoms with Crippen molar-refractivity contribution in [2.45, 2.75) is 6.92 Å². The first-order valence-corrected chi connectivity index (χ1v) is 3.27. The number of hydrogen-bond acceptors (Lipinski definition) is 1. The van der Waals surface area contributed by atoms with E-state index in [1.165, 1.54) is 11.1 Å². The molecule has 0 saturated heterocycles. The zero-order valence-electron chi connectivity index (χ0n) is 5.78. The van der Waals surface area contributed by atoms with E-state index in [0.717, 1.165) is 0 Å². The van der Waals surface area contributed by atoms with Crippen molar-refractivity contribution in [1.82, 2.24) is 9.61 Å².